The maximum Gasteiger partial charge on any atom is 0.300 e. The number of para-hydroxylation sites is 2. The van der Waals surface area contributed by atoms with Crippen LogP contribution in [0.4, 0.5) is 0 Å². The number of carbonyl (C=O) groups excluding carboxylic acids is 1. The summed E-state index contributed by atoms with van der Waals surface area (Å²) >= 11 is 4.89. The van der Waals surface area contributed by atoms with Gasteiger partial charge in [-0.2, -0.15) is 4.98 Å². The van der Waals surface area contributed by atoms with E-state index in [1.54, 1.807) is 0 Å². The molecule has 0 aliphatic heterocycles. The molecule has 18 heavy (non-hydrogen) atoms. The number of carboxylic acid groups (broad SMARTS) is 1. The van der Waals surface area contributed by atoms with Gasteiger partial charge in [0, 0.05) is 12.4 Å². The summed E-state index contributed by atoms with van der Waals surface area (Å²) in [6.45, 7) is 0. The van der Waals surface area contributed by atoms with Crippen molar-refractivity contribution in [2.24, 2.45) is 0 Å². The molecule has 1 aromatic heterocycles. The SMILES string of the molecule is O=C([O-])CCC(=S)Oc1nc2ccccc2[nH]1.[NH4+]. The number of quaternary nitrogens is 1. The third-order valence-corrected chi connectivity index (χ3v) is 2.40. The van der Waals surface area contributed by atoms with Crippen molar-refractivity contribution in [3.05, 3.63) is 24.3 Å². The normalized spacial score (nSPS) is 9.78. The molecule has 0 radical (unpaired) electrons. The number of fused-ring (bicyclic) bond motifs is 1. The molecule has 0 fully saturated rings. The highest BCUT2D eigenvalue weighted by atomic mass is 32.1. The number of imidazole rings is 1. The zero-order valence-electron chi connectivity index (χ0n) is 9.80. The zero-order chi connectivity index (χ0) is 12.3. The van der Waals surface area contributed by atoms with E-state index in [1.165, 1.54) is 0 Å². The first-order valence-electron chi connectivity index (χ1n) is 5.00. The molecule has 0 unspecified atom stereocenters. The number of hydrogen-bond donors (Lipinski definition) is 2. The van der Waals surface area contributed by atoms with Gasteiger partial charge in [0.25, 0.3) is 0 Å². The number of carbonyl (C=O) groups is 1. The van der Waals surface area contributed by atoms with E-state index in [2.05, 4.69) is 9.97 Å². The number of aromatic nitrogens is 2. The first kappa shape index (κ1) is 14.1. The summed E-state index contributed by atoms with van der Waals surface area (Å²) in [5, 5.41) is 10.4. The Hall–Kier alpha value is -1.99. The van der Waals surface area contributed by atoms with E-state index >= 15 is 0 Å². The van der Waals surface area contributed by atoms with E-state index in [1.807, 2.05) is 24.3 Å². The monoisotopic (exact) mass is 267 g/mol. The van der Waals surface area contributed by atoms with Gasteiger partial charge in [-0.25, -0.2) is 0 Å². The Morgan fingerprint density at radius 1 is 1.39 bits per heavy atom. The lowest BCUT2D eigenvalue weighted by molar-refractivity contribution is -0.305. The molecule has 0 aliphatic rings. The first-order valence-corrected chi connectivity index (χ1v) is 5.41. The molecule has 0 bridgehead atoms. The highest BCUT2D eigenvalue weighted by Gasteiger charge is 2.06. The molecule has 0 atom stereocenters. The van der Waals surface area contributed by atoms with Gasteiger partial charge >= 0.3 is 6.01 Å². The Kier molecular flexibility index (Phi) is 4.75. The summed E-state index contributed by atoms with van der Waals surface area (Å²) in [6, 6.07) is 7.71. The summed E-state index contributed by atoms with van der Waals surface area (Å²) < 4.78 is 5.22. The molecule has 0 saturated carbocycles. The molecule has 0 saturated heterocycles. The Balaban J connectivity index is 0.00000162. The van der Waals surface area contributed by atoms with E-state index in [-0.39, 0.29) is 30.1 Å². The van der Waals surface area contributed by atoms with Crippen molar-refractivity contribution in [1.82, 2.24) is 16.1 Å². The van der Waals surface area contributed by atoms with Gasteiger partial charge in [0.05, 0.1) is 11.0 Å². The highest BCUT2D eigenvalue weighted by molar-refractivity contribution is 7.80. The van der Waals surface area contributed by atoms with Crippen molar-refractivity contribution in [2.45, 2.75) is 12.8 Å². The fraction of sp³-hybridized carbons (Fsp3) is 0.182. The smallest absolute Gasteiger partial charge is 0.300 e. The lowest BCUT2D eigenvalue weighted by Gasteiger charge is -2.03. The van der Waals surface area contributed by atoms with Gasteiger partial charge in [0.2, 0.25) is 0 Å². The van der Waals surface area contributed by atoms with Crippen LogP contribution in [0.25, 0.3) is 11.0 Å². The van der Waals surface area contributed by atoms with Gasteiger partial charge in [-0.15, -0.1) is 0 Å². The first-order chi connectivity index (χ1) is 8.15. The summed E-state index contributed by atoms with van der Waals surface area (Å²) in [5.41, 5.74) is 1.61. The Morgan fingerprint density at radius 2 is 2.11 bits per heavy atom. The quantitative estimate of drug-likeness (QED) is 0.807. The minimum absolute atomic E-state index is 0. The molecular weight excluding hydrogens is 254 g/mol. The molecule has 6 nitrogen and oxygen atoms in total. The van der Waals surface area contributed by atoms with Crippen molar-refractivity contribution >= 4 is 34.3 Å². The molecule has 96 valence electrons. The number of H-pyrrole nitrogens is 1. The van der Waals surface area contributed by atoms with Crippen LogP contribution in [-0.4, -0.2) is 21.0 Å². The van der Waals surface area contributed by atoms with Crippen LogP contribution in [0.3, 0.4) is 0 Å². The van der Waals surface area contributed by atoms with Crippen LogP contribution in [0.15, 0.2) is 24.3 Å². The summed E-state index contributed by atoms with van der Waals surface area (Å²) in [6.07, 6.45) is -0.0201. The number of aliphatic carboxylic acids is 1. The van der Waals surface area contributed by atoms with Gasteiger partial charge in [-0.05, 0) is 30.8 Å². The lowest BCUT2D eigenvalue weighted by atomic mass is 10.3. The summed E-state index contributed by atoms with van der Waals surface area (Å²) in [7, 11) is 0. The number of carboxylic acids is 1. The molecule has 1 aromatic carbocycles. The van der Waals surface area contributed by atoms with Crippen LogP contribution >= 0.6 is 12.2 Å². The molecular formula is C11H13N3O3S. The predicted octanol–water partition coefficient (Wildman–Crippen LogP) is 1.18. The Labute approximate surface area is 109 Å². The van der Waals surface area contributed by atoms with Crippen LogP contribution < -0.4 is 16.0 Å². The molecule has 0 amide bonds. The second-order valence-electron chi connectivity index (χ2n) is 3.41. The largest absolute Gasteiger partial charge is 0.550 e. The minimum atomic E-state index is -1.15. The average Bonchev–Trinajstić information content (AvgIpc) is 2.68. The topological polar surface area (TPSA) is 115 Å². The van der Waals surface area contributed by atoms with Crippen LogP contribution in [0.2, 0.25) is 0 Å². The number of rotatable bonds is 4. The number of aromatic amines is 1. The predicted molar refractivity (Wildman–Crippen MR) is 69.5 cm³/mol. The van der Waals surface area contributed by atoms with Crippen molar-refractivity contribution in [3.8, 4) is 6.01 Å². The summed E-state index contributed by atoms with van der Waals surface area (Å²) in [4.78, 5) is 17.3. The van der Waals surface area contributed by atoms with E-state index in [0.717, 1.165) is 11.0 Å². The molecule has 2 aromatic rings. The third-order valence-electron chi connectivity index (χ3n) is 2.11. The maximum absolute atomic E-state index is 10.2. The van der Waals surface area contributed by atoms with Crippen LogP contribution in [0.5, 0.6) is 6.01 Å². The van der Waals surface area contributed by atoms with Gasteiger partial charge in [0.15, 0.2) is 5.05 Å². The molecule has 2 rings (SSSR count). The molecule has 1 heterocycles. The average molecular weight is 267 g/mol. The number of thiocarbonyl (C=S) groups is 1. The van der Waals surface area contributed by atoms with Crippen LogP contribution in [0, 0.1) is 0 Å². The molecule has 0 spiro atoms. The number of nitrogens with zero attached hydrogens (tertiary/aromatic N) is 1. The van der Waals surface area contributed by atoms with Gasteiger partial charge in [-0.3, -0.25) is 0 Å². The Bertz CT molecular complexity index is 534. The van der Waals surface area contributed by atoms with E-state index in [9.17, 15) is 9.90 Å². The van der Waals surface area contributed by atoms with Crippen LogP contribution in [0.1, 0.15) is 12.8 Å². The maximum atomic E-state index is 10.2. The Morgan fingerprint density at radius 3 is 2.78 bits per heavy atom. The standard InChI is InChI=1S/C11H10N2O3S.H3N/c14-9(15)5-6-10(17)16-11-12-7-3-1-2-4-8(7)13-11;/h1-4H,5-6H2,(H,12,13)(H,14,15);1H3. The third kappa shape index (κ3) is 3.51. The fourth-order valence-electron chi connectivity index (χ4n) is 1.34. The van der Waals surface area contributed by atoms with Crippen LogP contribution in [-0.2, 0) is 4.79 Å². The van der Waals surface area contributed by atoms with Crippen molar-refractivity contribution in [1.29, 1.82) is 0 Å². The number of nitrogens with one attached hydrogen (secondary N) is 1. The van der Waals surface area contributed by atoms with Gasteiger partial charge in [0.1, 0.15) is 0 Å². The summed E-state index contributed by atoms with van der Waals surface area (Å²) in [5.74, 6) is -1.15. The van der Waals surface area contributed by atoms with Crippen molar-refractivity contribution in [3.63, 3.8) is 0 Å². The molecule has 5 N–H and O–H groups in total. The van der Waals surface area contributed by atoms with Gasteiger partial charge in [-0.1, -0.05) is 12.1 Å². The van der Waals surface area contributed by atoms with Crippen molar-refractivity contribution in [2.75, 3.05) is 0 Å². The zero-order valence-corrected chi connectivity index (χ0v) is 10.6. The number of ether oxygens (including phenoxy) is 1. The van der Waals surface area contributed by atoms with E-state index < -0.39 is 5.97 Å². The lowest BCUT2D eigenvalue weighted by Crippen LogP contribution is -2.23. The van der Waals surface area contributed by atoms with Gasteiger partial charge < -0.3 is 25.8 Å². The second kappa shape index (κ2) is 6.08. The fourth-order valence-corrected chi connectivity index (χ4v) is 1.52. The van der Waals surface area contributed by atoms with E-state index in [4.69, 9.17) is 17.0 Å². The molecule has 7 heteroatoms. The number of hydrogen-bond acceptors (Lipinski definition) is 5. The second-order valence-corrected chi connectivity index (χ2v) is 3.86. The molecule has 0 aliphatic carbocycles. The van der Waals surface area contributed by atoms with E-state index in [0.29, 0.717) is 0 Å². The minimum Gasteiger partial charge on any atom is -0.550 e. The highest BCUT2D eigenvalue weighted by Crippen LogP contribution is 2.15. The van der Waals surface area contributed by atoms with Crippen molar-refractivity contribution < 1.29 is 14.6 Å². The number of benzene rings is 1.